The van der Waals surface area contributed by atoms with E-state index in [-0.39, 0.29) is 5.75 Å². The molecule has 0 bridgehead atoms. The molecule has 0 fully saturated rings. The van der Waals surface area contributed by atoms with Crippen LogP contribution in [0.2, 0.25) is 0 Å². The van der Waals surface area contributed by atoms with Crippen LogP contribution in [-0.4, -0.2) is 22.8 Å². The Morgan fingerprint density at radius 3 is 2.52 bits per heavy atom. The molecular formula is C23H21NO3. The molecule has 0 saturated carbocycles. The lowest BCUT2D eigenvalue weighted by molar-refractivity contribution is 0.0603. The van der Waals surface area contributed by atoms with Gasteiger partial charge in [0.05, 0.1) is 29.1 Å². The van der Waals surface area contributed by atoms with E-state index in [0.717, 1.165) is 22.0 Å². The van der Waals surface area contributed by atoms with Gasteiger partial charge in [0.25, 0.3) is 0 Å². The topological polar surface area (TPSA) is 51.5 Å². The number of aromatic hydroxyl groups is 1. The van der Waals surface area contributed by atoms with E-state index in [9.17, 15) is 9.90 Å². The van der Waals surface area contributed by atoms with Crippen LogP contribution in [0.1, 0.15) is 27.0 Å². The Labute approximate surface area is 157 Å². The van der Waals surface area contributed by atoms with E-state index in [1.807, 2.05) is 37.3 Å². The largest absolute Gasteiger partial charge is 0.507 e. The number of nitrogens with zero attached hydrogens (tertiary/aromatic N) is 1. The maximum atomic E-state index is 12.4. The van der Waals surface area contributed by atoms with Gasteiger partial charge in [-0.3, -0.25) is 0 Å². The number of hydrogen-bond donors (Lipinski definition) is 1. The molecule has 3 aromatic carbocycles. The summed E-state index contributed by atoms with van der Waals surface area (Å²) < 4.78 is 7.13. The lowest BCUT2D eigenvalue weighted by Crippen LogP contribution is -2.03. The van der Waals surface area contributed by atoms with Gasteiger partial charge in [-0.05, 0) is 54.8 Å². The summed E-state index contributed by atoms with van der Waals surface area (Å²) in [5.41, 5.74) is 5.63. The fraction of sp³-hybridized carbons (Fsp3) is 0.174. The Morgan fingerprint density at radius 2 is 1.78 bits per heavy atom. The van der Waals surface area contributed by atoms with Gasteiger partial charge in [0.15, 0.2) is 0 Å². The highest BCUT2D eigenvalue weighted by atomic mass is 16.5. The van der Waals surface area contributed by atoms with Gasteiger partial charge < -0.3 is 14.4 Å². The van der Waals surface area contributed by atoms with Crippen LogP contribution in [0.4, 0.5) is 0 Å². The number of esters is 1. The third-order valence-corrected chi connectivity index (χ3v) is 5.11. The summed E-state index contributed by atoms with van der Waals surface area (Å²) in [4.78, 5) is 12.4. The number of aromatic nitrogens is 1. The Bertz CT molecular complexity index is 1190. The molecular weight excluding hydrogens is 338 g/mol. The molecule has 0 aliphatic heterocycles. The predicted octanol–water partition coefficient (Wildman–Crippen LogP) is 4.95. The van der Waals surface area contributed by atoms with Gasteiger partial charge >= 0.3 is 5.97 Å². The summed E-state index contributed by atoms with van der Waals surface area (Å²) in [6.07, 6.45) is 0. The monoisotopic (exact) mass is 359 g/mol. The standard InChI is InChI=1S/C23H21NO3/c1-14-11-19-22(20(25)12-14)21-17(23(26)27-3)9-6-10-18(21)24(19)13-16-8-5-4-7-15(16)2/h4-12,25H,13H2,1-3H3. The zero-order valence-electron chi connectivity index (χ0n) is 15.6. The summed E-state index contributed by atoms with van der Waals surface area (Å²) in [5, 5.41) is 12.1. The zero-order valence-corrected chi connectivity index (χ0v) is 15.6. The van der Waals surface area contributed by atoms with Crippen LogP contribution >= 0.6 is 0 Å². The smallest absolute Gasteiger partial charge is 0.338 e. The first-order chi connectivity index (χ1) is 13.0. The molecule has 0 radical (unpaired) electrons. The van der Waals surface area contributed by atoms with Crippen molar-refractivity contribution in [2.24, 2.45) is 0 Å². The lowest BCUT2D eigenvalue weighted by Gasteiger charge is -2.11. The number of aryl methyl sites for hydroxylation is 2. The Balaban J connectivity index is 2.11. The molecule has 4 aromatic rings. The average molecular weight is 359 g/mol. The maximum Gasteiger partial charge on any atom is 0.338 e. The number of ether oxygens (including phenoxy) is 1. The van der Waals surface area contributed by atoms with Crippen molar-refractivity contribution in [3.05, 3.63) is 76.9 Å². The molecule has 0 spiro atoms. The lowest BCUT2D eigenvalue weighted by atomic mass is 10.0. The van der Waals surface area contributed by atoms with Crippen LogP contribution in [0.3, 0.4) is 0 Å². The van der Waals surface area contributed by atoms with Crippen molar-refractivity contribution in [2.75, 3.05) is 7.11 Å². The molecule has 1 aromatic heterocycles. The van der Waals surface area contributed by atoms with Gasteiger partial charge in [0, 0.05) is 11.9 Å². The quantitative estimate of drug-likeness (QED) is 0.527. The van der Waals surface area contributed by atoms with Gasteiger partial charge in [-0.2, -0.15) is 0 Å². The van der Waals surface area contributed by atoms with E-state index in [4.69, 9.17) is 4.74 Å². The van der Waals surface area contributed by atoms with E-state index < -0.39 is 5.97 Å². The number of methoxy groups -OCH3 is 1. The number of hydrogen-bond acceptors (Lipinski definition) is 3. The molecule has 1 heterocycles. The predicted molar refractivity (Wildman–Crippen MR) is 107 cm³/mol. The summed E-state index contributed by atoms with van der Waals surface area (Å²) in [7, 11) is 1.37. The number of carbonyl (C=O) groups is 1. The third kappa shape index (κ3) is 2.74. The van der Waals surface area contributed by atoms with Gasteiger partial charge in [0.1, 0.15) is 5.75 Å². The van der Waals surface area contributed by atoms with Crippen molar-refractivity contribution in [2.45, 2.75) is 20.4 Å². The van der Waals surface area contributed by atoms with Crippen molar-refractivity contribution in [3.63, 3.8) is 0 Å². The number of rotatable bonds is 3. The Kier molecular flexibility index (Phi) is 4.11. The van der Waals surface area contributed by atoms with E-state index in [2.05, 4.69) is 23.6 Å². The van der Waals surface area contributed by atoms with Gasteiger partial charge in [0.2, 0.25) is 0 Å². The number of benzene rings is 3. The van der Waals surface area contributed by atoms with Crippen LogP contribution < -0.4 is 0 Å². The van der Waals surface area contributed by atoms with Crippen LogP contribution in [0, 0.1) is 13.8 Å². The molecule has 0 amide bonds. The molecule has 0 aliphatic rings. The Hall–Kier alpha value is -3.27. The number of carbonyl (C=O) groups excluding carboxylic acids is 1. The SMILES string of the molecule is COC(=O)c1cccc2c1c1c(O)cc(C)cc1n2Cc1ccccc1C. The summed E-state index contributed by atoms with van der Waals surface area (Å²) >= 11 is 0. The molecule has 0 saturated heterocycles. The Morgan fingerprint density at radius 1 is 1.00 bits per heavy atom. The minimum absolute atomic E-state index is 0.176. The first kappa shape index (κ1) is 17.2. The summed E-state index contributed by atoms with van der Waals surface area (Å²) in [6.45, 7) is 4.70. The number of phenols is 1. The number of fused-ring (bicyclic) bond motifs is 3. The van der Waals surface area contributed by atoms with Crippen LogP contribution in [0.25, 0.3) is 21.8 Å². The molecule has 0 aliphatic carbocycles. The maximum absolute atomic E-state index is 12.4. The fourth-order valence-corrected chi connectivity index (χ4v) is 3.78. The molecule has 4 heteroatoms. The van der Waals surface area contributed by atoms with Crippen molar-refractivity contribution in [3.8, 4) is 5.75 Å². The minimum atomic E-state index is -0.407. The summed E-state index contributed by atoms with van der Waals surface area (Å²) in [5.74, 6) is -0.231. The van der Waals surface area contributed by atoms with E-state index >= 15 is 0 Å². The second-order valence-electron chi connectivity index (χ2n) is 6.88. The first-order valence-electron chi connectivity index (χ1n) is 8.88. The highest BCUT2D eigenvalue weighted by Gasteiger charge is 2.21. The molecule has 0 unspecified atom stereocenters. The average Bonchev–Trinajstić information content (AvgIpc) is 2.96. The zero-order chi connectivity index (χ0) is 19.1. The molecule has 1 N–H and O–H groups in total. The van der Waals surface area contributed by atoms with E-state index in [1.54, 1.807) is 12.1 Å². The molecule has 0 atom stereocenters. The van der Waals surface area contributed by atoms with Crippen molar-refractivity contribution >= 4 is 27.8 Å². The van der Waals surface area contributed by atoms with Gasteiger partial charge in [-0.1, -0.05) is 30.3 Å². The van der Waals surface area contributed by atoms with Crippen LogP contribution in [-0.2, 0) is 11.3 Å². The van der Waals surface area contributed by atoms with Crippen LogP contribution in [0.15, 0.2) is 54.6 Å². The minimum Gasteiger partial charge on any atom is -0.507 e. The highest BCUT2D eigenvalue weighted by Crippen LogP contribution is 2.38. The van der Waals surface area contributed by atoms with Gasteiger partial charge in [-0.15, -0.1) is 0 Å². The second kappa shape index (κ2) is 6.47. The second-order valence-corrected chi connectivity index (χ2v) is 6.88. The first-order valence-corrected chi connectivity index (χ1v) is 8.88. The van der Waals surface area contributed by atoms with Gasteiger partial charge in [-0.25, -0.2) is 4.79 Å². The van der Waals surface area contributed by atoms with Crippen LogP contribution in [0.5, 0.6) is 5.75 Å². The normalized spacial score (nSPS) is 11.2. The fourth-order valence-electron chi connectivity index (χ4n) is 3.78. The molecule has 4 nitrogen and oxygen atoms in total. The number of phenolic OH excluding ortho intramolecular Hbond substituents is 1. The van der Waals surface area contributed by atoms with Crippen molar-refractivity contribution in [1.29, 1.82) is 0 Å². The molecule has 27 heavy (non-hydrogen) atoms. The highest BCUT2D eigenvalue weighted by molar-refractivity contribution is 6.19. The van der Waals surface area contributed by atoms with Crippen molar-refractivity contribution < 1.29 is 14.6 Å². The van der Waals surface area contributed by atoms with E-state index in [0.29, 0.717) is 17.5 Å². The molecule has 4 rings (SSSR count). The van der Waals surface area contributed by atoms with E-state index in [1.165, 1.54) is 18.2 Å². The summed E-state index contributed by atoms with van der Waals surface area (Å²) in [6, 6.07) is 17.6. The van der Waals surface area contributed by atoms with Crippen molar-refractivity contribution in [1.82, 2.24) is 4.57 Å². The molecule has 136 valence electrons. The third-order valence-electron chi connectivity index (χ3n) is 5.11.